The maximum absolute atomic E-state index is 12.9. The smallest absolute Gasteiger partial charge is 0.253 e. The number of amides is 3. The number of furan rings is 1. The molecule has 160 valence electrons. The van der Waals surface area contributed by atoms with Crippen LogP contribution in [0.3, 0.4) is 0 Å². The van der Waals surface area contributed by atoms with Gasteiger partial charge in [-0.15, -0.1) is 0 Å². The van der Waals surface area contributed by atoms with Gasteiger partial charge in [0.25, 0.3) is 5.91 Å². The number of rotatable bonds is 7. The highest BCUT2D eigenvalue weighted by Crippen LogP contribution is 2.20. The van der Waals surface area contributed by atoms with E-state index in [1.807, 2.05) is 16.7 Å². The lowest BCUT2D eigenvalue weighted by molar-refractivity contribution is -0.132. The predicted octanol–water partition coefficient (Wildman–Crippen LogP) is 1.73. The van der Waals surface area contributed by atoms with Crippen molar-refractivity contribution in [3.05, 3.63) is 54.0 Å². The number of nitrogens with zero attached hydrogens (tertiary/aromatic N) is 3. The molecule has 0 saturated carbocycles. The fourth-order valence-corrected chi connectivity index (χ4v) is 3.44. The highest BCUT2D eigenvalue weighted by molar-refractivity contribution is 6.05. The maximum atomic E-state index is 12.9. The number of para-hydroxylation sites is 1. The summed E-state index contributed by atoms with van der Waals surface area (Å²) in [5, 5.41) is 2.82. The van der Waals surface area contributed by atoms with E-state index in [9.17, 15) is 14.4 Å². The molecule has 0 aliphatic carbocycles. The molecular weight excluding hydrogens is 384 g/mol. The van der Waals surface area contributed by atoms with Crippen LogP contribution >= 0.6 is 0 Å². The molecule has 8 nitrogen and oxygen atoms in total. The average molecular weight is 412 g/mol. The van der Waals surface area contributed by atoms with Crippen molar-refractivity contribution in [2.24, 2.45) is 0 Å². The van der Waals surface area contributed by atoms with Crippen LogP contribution in [0.5, 0.6) is 0 Å². The fourth-order valence-electron chi connectivity index (χ4n) is 3.44. The minimum Gasteiger partial charge on any atom is -0.467 e. The van der Waals surface area contributed by atoms with Crippen LogP contribution in [0.1, 0.15) is 29.5 Å². The molecule has 30 heavy (non-hydrogen) atoms. The van der Waals surface area contributed by atoms with Crippen LogP contribution in [0, 0.1) is 0 Å². The Morgan fingerprint density at radius 3 is 2.47 bits per heavy atom. The standard InChI is InChI=1S/C22H28N4O4/c1-3-20(27)26-12-10-25(11-13-26)16-21(28)24(2)19-9-5-4-8-18(19)22(29)23-15-17-7-6-14-30-17/h4-9,14H,3,10-13,15-16H2,1-2H3,(H,23,29). The van der Waals surface area contributed by atoms with Gasteiger partial charge in [0.1, 0.15) is 5.76 Å². The highest BCUT2D eigenvalue weighted by Gasteiger charge is 2.24. The number of anilines is 1. The Morgan fingerprint density at radius 2 is 1.80 bits per heavy atom. The molecule has 0 unspecified atom stereocenters. The Bertz CT molecular complexity index is 873. The van der Waals surface area contributed by atoms with Gasteiger partial charge in [-0.2, -0.15) is 0 Å². The van der Waals surface area contributed by atoms with Crippen LogP contribution in [0.4, 0.5) is 5.69 Å². The molecule has 0 radical (unpaired) electrons. The van der Waals surface area contributed by atoms with Gasteiger partial charge in [0.15, 0.2) is 0 Å². The summed E-state index contributed by atoms with van der Waals surface area (Å²) >= 11 is 0. The van der Waals surface area contributed by atoms with Crippen molar-refractivity contribution < 1.29 is 18.8 Å². The van der Waals surface area contributed by atoms with Crippen molar-refractivity contribution in [2.75, 3.05) is 44.7 Å². The van der Waals surface area contributed by atoms with Crippen molar-refractivity contribution in [1.29, 1.82) is 0 Å². The van der Waals surface area contributed by atoms with Gasteiger partial charge in [-0.25, -0.2) is 0 Å². The Morgan fingerprint density at radius 1 is 1.07 bits per heavy atom. The minimum absolute atomic E-state index is 0.100. The van der Waals surface area contributed by atoms with E-state index in [1.54, 1.807) is 49.7 Å². The van der Waals surface area contributed by atoms with Crippen LogP contribution in [0.2, 0.25) is 0 Å². The summed E-state index contributed by atoms with van der Waals surface area (Å²) in [5.41, 5.74) is 0.984. The van der Waals surface area contributed by atoms with Gasteiger partial charge in [0, 0.05) is 39.6 Å². The predicted molar refractivity (Wildman–Crippen MR) is 113 cm³/mol. The Hall–Kier alpha value is -3.13. The van der Waals surface area contributed by atoms with E-state index in [-0.39, 0.29) is 30.8 Å². The average Bonchev–Trinajstić information content (AvgIpc) is 3.30. The first-order chi connectivity index (χ1) is 14.5. The second-order valence-electron chi connectivity index (χ2n) is 7.24. The number of carbonyl (C=O) groups excluding carboxylic acids is 3. The number of piperazine rings is 1. The summed E-state index contributed by atoms with van der Waals surface area (Å²) in [4.78, 5) is 42.7. The highest BCUT2D eigenvalue weighted by atomic mass is 16.3. The first-order valence-corrected chi connectivity index (χ1v) is 10.2. The van der Waals surface area contributed by atoms with Crippen LogP contribution in [0.15, 0.2) is 47.1 Å². The number of carbonyl (C=O) groups is 3. The topological polar surface area (TPSA) is 86.1 Å². The lowest BCUT2D eigenvalue weighted by atomic mass is 10.1. The molecular formula is C22H28N4O4. The van der Waals surface area contributed by atoms with Crippen molar-refractivity contribution in [3.63, 3.8) is 0 Å². The second kappa shape index (κ2) is 10.1. The van der Waals surface area contributed by atoms with E-state index in [0.717, 1.165) is 0 Å². The molecule has 1 aromatic carbocycles. The number of hydrogen-bond acceptors (Lipinski definition) is 5. The van der Waals surface area contributed by atoms with E-state index < -0.39 is 0 Å². The Balaban J connectivity index is 1.59. The SMILES string of the molecule is CCC(=O)N1CCN(CC(=O)N(C)c2ccccc2C(=O)NCc2ccco2)CC1. The minimum atomic E-state index is -0.270. The molecule has 8 heteroatoms. The van der Waals surface area contributed by atoms with Crippen molar-refractivity contribution in [1.82, 2.24) is 15.1 Å². The molecule has 1 aliphatic heterocycles. The van der Waals surface area contributed by atoms with Gasteiger partial charge < -0.3 is 19.5 Å². The largest absolute Gasteiger partial charge is 0.467 e. The molecule has 1 fully saturated rings. The summed E-state index contributed by atoms with van der Waals surface area (Å²) in [5.74, 6) is 0.434. The van der Waals surface area contributed by atoms with Crippen LogP contribution in [-0.2, 0) is 16.1 Å². The maximum Gasteiger partial charge on any atom is 0.253 e. The molecule has 0 bridgehead atoms. The molecule has 0 spiro atoms. The molecule has 2 heterocycles. The van der Waals surface area contributed by atoms with E-state index >= 15 is 0 Å². The third kappa shape index (κ3) is 5.27. The molecule has 0 atom stereocenters. The van der Waals surface area contributed by atoms with Gasteiger partial charge in [-0.1, -0.05) is 19.1 Å². The molecule has 1 aliphatic rings. The normalized spacial score (nSPS) is 14.4. The van der Waals surface area contributed by atoms with Gasteiger partial charge in [0.05, 0.1) is 30.6 Å². The number of hydrogen-bond donors (Lipinski definition) is 1. The zero-order valence-electron chi connectivity index (χ0n) is 17.5. The molecule has 1 aromatic heterocycles. The third-order valence-electron chi connectivity index (χ3n) is 5.27. The Labute approximate surface area is 176 Å². The second-order valence-corrected chi connectivity index (χ2v) is 7.24. The van der Waals surface area contributed by atoms with Gasteiger partial charge in [0.2, 0.25) is 11.8 Å². The van der Waals surface area contributed by atoms with E-state index in [1.165, 1.54) is 4.90 Å². The van der Waals surface area contributed by atoms with Crippen LogP contribution < -0.4 is 10.2 Å². The van der Waals surface area contributed by atoms with Crippen LogP contribution in [0.25, 0.3) is 0 Å². The first-order valence-electron chi connectivity index (χ1n) is 10.2. The molecule has 1 N–H and O–H groups in total. The fraction of sp³-hybridized carbons (Fsp3) is 0.409. The van der Waals surface area contributed by atoms with Gasteiger partial charge in [-0.3, -0.25) is 19.3 Å². The third-order valence-corrected chi connectivity index (χ3v) is 5.27. The Kier molecular flexibility index (Phi) is 7.24. The molecule has 2 aromatic rings. The summed E-state index contributed by atoms with van der Waals surface area (Å²) < 4.78 is 5.24. The summed E-state index contributed by atoms with van der Waals surface area (Å²) in [6.07, 6.45) is 2.06. The first kappa shape index (κ1) is 21.6. The van der Waals surface area contributed by atoms with Gasteiger partial charge >= 0.3 is 0 Å². The van der Waals surface area contributed by atoms with Crippen molar-refractivity contribution >= 4 is 23.4 Å². The zero-order chi connectivity index (χ0) is 21.5. The number of likely N-dealkylation sites (N-methyl/N-ethyl adjacent to an activating group) is 1. The van der Waals surface area contributed by atoms with E-state index in [2.05, 4.69) is 5.32 Å². The lowest BCUT2D eigenvalue weighted by Gasteiger charge is -2.35. The van der Waals surface area contributed by atoms with Gasteiger partial charge in [-0.05, 0) is 24.3 Å². The molecule has 1 saturated heterocycles. The van der Waals surface area contributed by atoms with Crippen LogP contribution in [-0.4, -0.2) is 67.3 Å². The van der Waals surface area contributed by atoms with Crippen molar-refractivity contribution in [3.8, 4) is 0 Å². The van der Waals surface area contributed by atoms with Crippen molar-refractivity contribution in [2.45, 2.75) is 19.9 Å². The summed E-state index contributed by atoms with van der Waals surface area (Å²) in [7, 11) is 1.68. The summed E-state index contributed by atoms with van der Waals surface area (Å²) in [6, 6.07) is 10.6. The van der Waals surface area contributed by atoms with E-state index in [0.29, 0.717) is 49.6 Å². The molecule has 3 rings (SSSR count). The number of benzene rings is 1. The molecule has 3 amide bonds. The van der Waals surface area contributed by atoms with E-state index in [4.69, 9.17) is 4.42 Å². The number of nitrogens with one attached hydrogen (secondary N) is 1. The monoisotopic (exact) mass is 412 g/mol. The quantitative estimate of drug-likeness (QED) is 0.749. The summed E-state index contributed by atoms with van der Waals surface area (Å²) in [6.45, 7) is 4.97. The zero-order valence-corrected chi connectivity index (χ0v) is 17.5. The lowest BCUT2D eigenvalue weighted by Crippen LogP contribution is -2.51.